The summed E-state index contributed by atoms with van der Waals surface area (Å²) in [6, 6.07) is 8.10. The molecule has 1 aromatic rings. The fourth-order valence-corrected chi connectivity index (χ4v) is 5.34. The van der Waals surface area contributed by atoms with E-state index in [4.69, 9.17) is 0 Å². The molecule has 142 valence electrons. The Hall–Kier alpha value is -1.55. The van der Waals surface area contributed by atoms with Crippen LogP contribution in [-0.2, 0) is 11.3 Å². The Balaban J connectivity index is 1.38. The van der Waals surface area contributed by atoms with Gasteiger partial charge in [0.15, 0.2) is 0 Å². The number of phenolic OH excluding ortho intramolecular Hbond substituents is 1. The normalized spacial score (nSPS) is 28.2. The highest BCUT2D eigenvalue weighted by atomic mass is 16.3. The van der Waals surface area contributed by atoms with E-state index < -0.39 is 0 Å². The second-order valence-corrected chi connectivity index (χ2v) is 8.57. The molecule has 0 radical (unpaired) electrons. The minimum Gasteiger partial charge on any atom is -0.508 e. The molecule has 1 aromatic carbocycles. The molecule has 26 heavy (non-hydrogen) atoms. The van der Waals surface area contributed by atoms with Gasteiger partial charge in [0.1, 0.15) is 5.75 Å². The smallest absolute Gasteiger partial charge is 0.222 e. The number of amides is 1. The van der Waals surface area contributed by atoms with E-state index in [1.54, 1.807) is 6.07 Å². The molecule has 2 heterocycles. The number of carbonyl (C=O) groups is 1. The van der Waals surface area contributed by atoms with Gasteiger partial charge >= 0.3 is 0 Å². The van der Waals surface area contributed by atoms with E-state index in [0.29, 0.717) is 23.6 Å². The van der Waals surface area contributed by atoms with Crippen molar-refractivity contribution >= 4 is 5.91 Å². The van der Waals surface area contributed by atoms with Crippen LogP contribution < -0.4 is 0 Å². The molecule has 2 aliphatic heterocycles. The first-order valence-electron chi connectivity index (χ1n) is 10.5. The summed E-state index contributed by atoms with van der Waals surface area (Å²) in [5.41, 5.74) is 1.01. The van der Waals surface area contributed by atoms with Gasteiger partial charge in [-0.25, -0.2) is 0 Å². The third-order valence-corrected chi connectivity index (χ3v) is 6.79. The first-order chi connectivity index (χ1) is 12.7. The van der Waals surface area contributed by atoms with Crippen LogP contribution in [0.1, 0.15) is 56.9 Å². The van der Waals surface area contributed by atoms with Gasteiger partial charge in [-0.05, 0) is 43.6 Å². The summed E-state index contributed by atoms with van der Waals surface area (Å²) in [5.74, 6) is 2.11. The maximum atomic E-state index is 12.6. The van der Waals surface area contributed by atoms with Crippen molar-refractivity contribution in [2.45, 2.75) is 64.0 Å². The molecule has 0 aromatic heterocycles. The van der Waals surface area contributed by atoms with Crippen LogP contribution in [0.5, 0.6) is 5.75 Å². The van der Waals surface area contributed by atoms with Crippen molar-refractivity contribution in [1.29, 1.82) is 0 Å². The number of aromatic hydroxyl groups is 1. The number of nitrogens with zero attached hydrogens (tertiary/aromatic N) is 2. The molecule has 1 amide bonds. The lowest BCUT2D eigenvalue weighted by molar-refractivity contribution is -0.142. The Morgan fingerprint density at radius 2 is 1.85 bits per heavy atom. The molecule has 1 N–H and O–H groups in total. The SMILES string of the molecule is O=C1CC[C@@H]2CN(Cc3ccccc3O)CC[C@@H]2N1CC1CCCCC1. The van der Waals surface area contributed by atoms with Gasteiger partial charge in [-0.2, -0.15) is 0 Å². The van der Waals surface area contributed by atoms with Crippen molar-refractivity contribution in [3.8, 4) is 5.75 Å². The van der Waals surface area contributed by atoms with Crippen LogP contribution >= 0.6 is 0 Å². The monoisotopic (exact) mass is 356 g/mol. The lowest BCUT2D eigenvalue weighted by Gasteiger charge is -2.48. The molecule has 0 unspecified atom stereocenters. The van der Waals surface area contributed by atoms with Gasteiger partial charge in [0.05, 0.1) is 0 Å². The number of hydrogen-bond acceptors (Lipinski definition) is 3. The lowest BCUT2D eigenvalue weighted by atomic mass is 9.81. The first-order valence-corrected chi connectivity index (χ1v) is 10.5. The first kappa shape index (κ1) is 17.8. The highest BCUT2D eigenvalue weighted by Gasteiger charge is 2.40. The minimum atomic E-state index is 0.394. The fraction of sp³-hybridized carbons (Fsp3) is 0.682. The van der Waals surface area contributed by atoms with Crippen LogP contribution in [0.4, 0.5) is 0 Å². The molecular weight excluding hydrogens is 324 g/mol. The van der Waals surface area contributed by atoms with E-state index in [9.17, 15) is 9.90 Å². The maximum absolute atomic E-state index is 12.6. The van der Waals surface area contributed by atoms with Crippen molar-refractivity contribution in [1.82, 2.24) is 9.80 Å². The van der Waals surface area contributed by atoms with Crippen LogP contribution in [0.3, 0.4) is 0 Å². The Labute approximate surface area is 157 Å². The molecule has 2 atom stereocenters. The van der Waals surface area contributed by atoms with E-state index in [-0.39, 0.29) is 0 Å². The van der Waals surface area contributed by atoms with E-state index in [1.807, 2.05) is 18.2 Å². The van der Waals surface area contributed by atoms with Crippen molar-refractivity contribution in [2.75, 3.05) is 19.6 Å². The summed E-state index contributed by atoms with van der Waals surface area (Å²) in [6.45, 7) is 3.88. The lowest BCUT2D eigenvalue weighted by Crippen LogP contribution is -2.56. The number of piperidine rings is 2. The number of fused-ring (bicyclic) bond motifs is 1. The van der Waals surface area contributed by atoms with Gasteiger partial charge in [0.25, 0.3) is 0 Å². The maximum Gasteiger partial charge on any atom is 0.222 e. The molecule has 4 heteroatoms. The fourth-order valence-electron chi connectivity index (χ4n) is 5.34. The number of benzene rings is 1. The zero-order valence-corrected chi connectivity index (χ0v) is 15.8. The molecular formula is C22H32N2O2. The number of hydrogen-bond donors (Lipinski definition) is 1. The second-order valence-electron chi connectivity index (χ2n) is 8.57. The Morgan fingerprint density at radius 1 is 1.04 bits per heavy atom. The van der Waals surface area contributed by atoms with Crippen LogP contribution in [0, 0.1) is 11.8 Å². The molecule has 4 rings (SSSR count). The quantitative estimate of drug-likeness (QED) is 0.893. The summed E-state index contributed by atoms with van der Waals surface area (Å²) >= 11 is 0. The number of carbonyl (C=O) groups excluding carboxylic acids is 1. The van der Waals surface area contributed by atoms with Crippen molar-refractivity contribution < 1.29 is 9.90 Å². The predicted octanol–water partition coefficient (Wildman–Crippen LogP) is 3.79. The van der Waals surface area contributed by atoms with Gasteiger partial charge in [0, 0.05) is 44.2 Å². The largest absolute Gasteiger partial charge is 0.508 e. The summed E-state index contributed by atoms with van der Waals surface area (Å²) in [5, 5.41) is 10.1. The van der Waals surface area contributed by atoms with Gasteiger partial charge in [0.2, 0.25) is 5.91 Å². The summed E-state index contributed by atoms with van der Waals surface area (Å²) in [4.78, 5) is 17.3. The highest BCUT2D eigenvalue weighted by molar-refractivity contribution is 5.77. The highest BCUT2D eigenvalue weighted by Crippen LogP contribution is 2.34. The summed E-state index contributed by atoms with van der Waals surface area (Å²) in [6.07, 6.45) is 9.50. The zero-order valence-electron chi connectivity index (χ0n) is 15.8. The third-order valence-electron chi connectivity index (χ3n) is 6.79. The molecule has 3 fully saturated rings. The second kappa shape index (κ2) is 7.99. The molecule has 4 nitrogen and oxygen atoms in total. The van der Waals surface area contributed by atoms with Gasteiger partial charge < -0.3 is 10.0 Å². The molecule has 1 aliphatic carbocycles. The van der Waals surface area contributed by atoms with Gasteiger partial charge in [-0.15, -0.1) is 0 Å². The number of para-hydroxylation sites is 1. The molecule has 0 spiro atoms. The number of rotatable bonds is 4. The van der Waals surface area contributed by atoms with Crippen LogP contribution in [0.25, 0.3) is 0 Å². The summed E-state index contributed by atoms with van der Waals surface area (Å²) < 4.78 is 0. The van der Waals surface area contributed by atoms with Crippen molar-refractivity contribution in [3.63, 3.8) is 0 Å². The topological polar surface area (TPSA) is 43.8 Å². The van der Waals surface area contributed by atoms with E-state index in [1.165, 1.54) is 32.1 Å². The number of likely N-dealkylation sites (tertiary alicyclic amines) is 2. The van der Waals surface area contributed by atoms with E-state index >= 15 is 0 Å². The van der Waals surface area contributed by atoms with Crippen LogP contribution in [0.15, 0.2) is 24.3 Å². The van der Waals surface area contributed by atoms with Crippen LogP contribution in [0.2, 0.25) is 0 Å². The molecule has 1 saturated carbocycles. The summed E-state index contributed by atoms with van der Waals surface area (Å²) in [7, 11) is 0. The van der Waals surface area contributed by atoms with Crippen molar-refractivity contribution in [3.05, 3.63) is 29.8 Å². The predicted molar refractivity (Wildman–Crippen MR) is 103 cm³/mol. The van der Waals surface area contributed by atoms with E-state index in [2.05, 4.69) is 9.80 Å². The third kappa shape index (κ3) is 3.90. The Morgan fingerprint density at radius 3 is 2.65 bits per heavy atom. The standard InChI is InChI=1S/C22H32N2O2/c25-21-9-5-4-8-19(21)16-23-13-12-20-18(15-23)10-11-22(26)24(20)14-17-6-2-1-3-7-17/h4-5,8-9,17-18,20,25H,1-3,6-7,10-16H2/t18-,20+/m1/s1. The van der Waals surface area contributed by atoms with Gasteiger partial charge in [-0.3, -0.25) is 9.69 Å². The minimum absolute atomic E-state index is 0.394. The number of phenols is 1. The molecule has 3 aliphatic rings. The van der Waals surface area contributed by atoms with E-state index in [0.717, 1.165) is 56.9 Å². The Bertz CT molecular complexity index is 626. The van der Waals surface area contributed by atoms with Crippen molar-refractivity contribution in [2.24, 2.45) is 11.8 Å². The van der Waals surface area contributed by atoms with Gasteiger partial charge in [-0.1, -0.05) is 37.5 Å². The Kier molecular flexibility index (Phi) is 5.49. The molecule has 0 bridgehead atoms. The average Bonchev–Trinajstić information content (AvgIpc) is 2.67. The molecule has 2 saturated heterocycles. The zero-order chi connectivity index (χ0) is 17.9. The average molecular weight is 357 g/mol. The van der Waals surface area contributed by atoms with Crippen LogP contribution in [-0.4, -0.2) is 46.5 Å².